The van der Waals surface area contributed by atoms with Crippen LogP contribution in [0, 0.1) is 0 Å². The molecule has 0 bridgehead atoms. The number of rotatable bonds is 4. The van der Waals surface area contributed by atoms with E-state index in [0.29, 0.717) is 17.1 Å². The highest BCUT2D eigenvalue weighted by Gasteiger charge is 2.14. The summed E-state index contributed by atoms with van der Waals surface area (Å²) in [7, 11) is 0. The van der Waals surface area contributed by atoms with E-state index < -0.39 is 0 Å². The molecule has 0 radical (unpaired) electrons. The summed E-state index contributed by atoms with van der Waals surface area (Å²) in [6.45, 7) is 0.279. The maximum atomic E-state index is 12.3. The summed E-state index contributed by atoms with van der Waals surface area (Å²) in [5.74, 6) is 1.37. The smallest absolute Gasteiger partial charge is 0.287 e. The first kappa shape index (κ1) is 15.8. The molecule has 0 saturated heterocycles. The summed E-state index contributed by atoms with van der Waals surface area (Å²) in [4.78, 5) is 16.9. The number of carbonyl (C=O) groups excluding carboxylic acids is 1. The van der Waals surface area contributed by atoms with E-state index in [1.165, 1.54) is 0 Å². The van der Waals surface area contributed by atoms with E-state index in [4.69, 9.17) is 8.83 Å². The zero-order valence-electron chi connectivity index (χ0n) is 14.1. The topological polar surface area (TPSA) is 68.3 Å². The number of thiazole rings is 1. The molecule has 5 rings (SSSR count). The van der Waals surface area contributed by atoms with Crippen molar-refractivity contribution in [2.75, 3.05) is 0 Å². The lowest BCUT2D eigenvalue weighted by atomic mass is 10.2. The summed E-state index contributed by atoms with van der Waals surface area (Å²) >= 11 is 1.58. The first-order valence-electron chi connectivity index (χ1n) is 8.48. The second-order valence-corrected chi connectivity index (χ2v) is 7.11. The van der Waals surface area contributed by atoms with Crippen molar-refractivity contribution in [3.63, 3.8) is 0 Å². The molecule has 0 saturated carbocycles. The monoisotopic (exact) mass is 374 g/mol. The predicted octanol–water partition coefficient (Wildman–Crippen LogP) is 5.23. The number of fused-ring (bicyclic) bond motifs is 2. The van der Waals surface area contributed by atoms with Crippen LogP contribution in [0.15, 0.2) is 75.6 Å². The summed E-state index contributed by atoms with van der Waals surface area (Å²) in [6, 6.07) is 21.0. The van der Waals surface area contributed by atoms with Crippen LogP contribution in [-0.2, 0) is 6.54 Å². The van der Waals surface area contributed by atoms with Gasteiger partial charge in [0.2, 0.25) is 0 Å². The molecule has 0 aliphatic rings. The van der Waals surface area contributed by atoms with Crippen molar-refractivity contribution in [3.05, 3.63) is 78.3 Å². The lowest BCUT2D eigenvalue weighted by Gasteiger charge is -2.00. The van der Waals surface area contributed by atoms with Gasteiger partial charge in [0.15, 0.2) is 16.5 Å². The van der Waals surface area contributed by atoms with Crippen molar-refractivity contribution in [3.8, 4) is 10.8 Å². The number of hydrogen-bond acceptors (Lipinski definition) is 5. The van der Waals surface area contributed by atoms with Crippen LogP contribution in [0.1, 0.15) is 16.3 Å². The van der Waals surface area contributed by atoms with Crippen LogP contribution in [0.3, 0.4) is 0 Å². The molecular formula is C21H14N2O3S. The lowest BCUT2D eigenvalue weighted by molar-refractivity contribution is 0.0922. The normalized spacial score (nSPS) is 11.3. The molecule has 3 heterocycles. The fourth-order valence-corrected chi connectivity index (χ4v) is 3.84. The van der Waals surface area contributed by atoms with Crippen LogP contribution in [0.2, 0.25) is 0 Å². The Labute approximate surface area is 158 Å². The van der Waals surface area contributed by atoms with E-state index in [1.807, 2.05) is 60.7 Å². The number of aromatic nitrogens is 1. The fourth-order valence-electron chi connectivity index (χ4n) is 2.91. The van der Waals surface area contributed by atoms with Gasteiger partial charge in [-0.2, -0.15) is 0 Å². The van der Waals surface area contributed by atoms with Crippen LogP contribution in [-0.4, -0.2) is 10.9 Å². The van der Waals surface area contributed by atoms with Gasteiger partial charge in [0.1, 0.15) is 11.3 Å². The third-order valence-electron chi connectivity index (χ3n) is 4.24. The minimum atomic E-state index is -0.274. The Morgan fingerprint density at radius 2 is 1.85 bits per heavy atom. The van der Waals surface area contributed by atoms with Crippen molar-refractivity contribution < 1.29 is 13.6 Å². The van der Waals surface area contributed by atoms with Crippen LogP contribution in [0.5, 0.6) is 0 Å². The second kappa shape index (κ2) is 6.41. The van der Waals surface area contributed by atoms with Crippen LogP contribution < -0.4 is 5.32 Å². The standard InChI is InChI=1S/C21H14N2O3S/c24-20(18-11-13-5-1-3-7-16(13)26-18)22-12-14-9-10-17(25-14)21-23-15-6-2-4-8-19(15)27-21/h1-11H,12H2,(H,22,24). The Bertz CT molecular complexity index is 1200. The van der Waals surface area contributed by atoms with Gasteiger partial charge in [-0.15, -0.1) is 11.3 Å². The molecule has 132 valence electrons. The number of nitrogens with zero attached hydrogens (tertiary/aromatic N) is 1. The van der Waals surface area contributed by atoms with Gasteiger partial charge in [-0.05, 0) is 36.4 Å². The van der Waals surface area contributed by atoms with Crippen LogP contribution in [0.25, 0.3) is 32.0 Å². The first-order chi connectivity index (χ1) is 13.3. The fraction of sp³-hybridized carbons (Fsp3) is 0.0476. The molecule has 0 unspecified atom stereocenters. The van der Waals surface area contributed by atoms with E-state index in [2.05, 4.69) is 10.3 Å². The quantitative estimate of drug-likeness (QED) is 0.467. The first-order valence-corrected chi connectivity index (χ1v) is 9.29. The Kier molecular flexibility index (Phi) is 3.76. The summed E-state index contributed by atoms with van der Waals surface area (Å²) in [5, 5.41) is 4.55. The molecule has 1 N–H and O–H groups in total. The van der Waals surface area contributed by atoms with Gasteiger partial charge in [-0.1, -0.05) is 30.3 Å². The number of carbonyl (C=O) groups is 1. The molecule has 0 aliphatic heterocycles. The Morgan fingerprint density at radius 1 is 1.00 bits per heavy atom. The molecular weight excluding hydrogens is 360 g/mol. The number of para-hydroxylation sites is 2. The second-order valence-electron chi connectivity index (χ2n) is 6.08. The maximum Gasteiger partial charge on any atom is 0.287 e. The van der Waals surface area contributed by atoms with Crippen molar-refractivity contribution in [1.29, 1.82) is 0 Å². The molecule has 27 heavy (non-hydrogen) atoms. The van der Waals surface area contributed by atoms with E-state index in [-0.39, 0.29) is 18.2 Å². The van der Waals surface area contributed by atoms with E-state index in [9.17, 15) is 4.79 Å². The molecule has 5 aromatic rings. The molecule has 0 aliphatic carbocycles. The van der Waals surface area contributed by atoms with Gasteiger partial charge in [-0.3, -0.25) is 4.79 Å². The SMILES string of the molecule is O=C(NCc1ccc(-c2nc3ccccc3s2)o1)c1cc2ccccc2o1. The van der Waals surface area contributed by atoms with Crippen LogP contribution in [0.4, 0.5) is 0 Å². The zero-order chi connectivity index (χ0) is 18.2. The number of nitrogens with one attached hydrogen (secondary N) is 1. The minimum Gasteiger partial charge on any atom is -0.457 e. The Hall–Kier alpha value is -3.38. The highest BCUT2D eigenvalue weighted by Crippen LogP contribution is 2.31. The Balaban J connectivity index is 1.31. The largest absolute Gasteiger partial charge is 0.457 e. The molecule has 5 nitrogen and oxygen atoms in total. The summed E-state index contributed by atoms with van der Waals surface area (Å²) < 4.78 is 12.5. The van der Waals surface area contributed by atoms with Crippen molar-refractivity contribution in [2.24, 2.45) is 0 Å². The molecule has 0 fully saturated rings. The number of benzene rings is 2. The average Bonchev–Trinajstić information content (AvgIpc) is 3.42. The van der Waals surface area contributed by atoms with E-state index >= 15 is 0 Å². The van der Waals surface area contributed by atoms with Crippen molar-refractivity contribution in [2.45, 2.75) is 6.54 Å². The van der Waals surface area contributed by atoms with E-state index in [0.717, 1.165) is 20.6 Å². The number of hydrogen-bond donors (Lipinski definition) is 1. The molecule has 0 spiro atoms. The third-order valence-corrected chi connectivity index (χ3v) is 5.29. The lowest BCUT2D eigenvalue weighted by Crippen LogP contribution is -2.21. The third kappa shape index (κ3) is 3.00. The van der Waals surface area contributed by atoms with Crippen molar-refractivity contribution >= 4 is 38.4 Å². The van der Waals surface area contributed by atoms with Gasteiger partial charge in [-0.25, -0.2) is 4.98 Å². The van der Waals surface area contributed by atoms with Gasteiger partial charge in [0, 0.05) is 5.39 Å². The van der Waals surface area contributed by atoms with Gasteiger partial charge in [0.25, 0.3) is 5.91 Å². The molecule has 6 heteroatoms. The predicted molar refractivity (Wildman–Crippen MR) is 105 cm³/mol. The van der Waals surface area contributed by atoms with Crippen LogP contribution >= 0.6 is 11.3 Å². The zero-order valence-corrected chi connectivity index (χ0v) is 15.0. The molecule has 0 atom stereocenters. The molecule has 3 aromatic heterocycles. The minimum absolute atomic E-state index is 0.274. The molecule has 1 amide bonds. The highest BCUT2D eigenvalue weighted by molar-refractivity contribution is 7.21. The van der Waals surface area contributed by atoms with Gasteiger partial charge >= 0.3 is 0 Å². The van der Waals surface area contributed by atoms with Gasteiger partial charge in [0.05, 0.1) is 16.8 Å². The maximum absolute atomic E-state index is 12.3. The summed E-state index contributed by atoms with van der Waals surface area (Å²) in [6.07, 6.45) is 0. The molecule has 2 aromatic carbocycles. The number of furan rings is 2. The average molecular weight is 374 g/mol. The van der Waals surface area contributed by atoms with E-state index in [1.54, 1.807) is 17.4 Å². The van der Waals surface area contributed by atoms with Gasteiger partial charge < -0.3 is 14.2 Å². The highest BCUT2D eigenvalue weighted by atomic mass is 32.1. The van der Waals surface area contributed by atoms with Crippen molar-refractivity contribution in [1.82, 2.24) is 10.3 Å². The Morgan fingerprint density at radius 3 is 2.74 bits per heavy atom. The number of amides is 1. The summed E-state index contributed by atoms with van der Waals surface area (Å²) in [5.41, 5.74) is 1.65.